The zero-order valence-corrected chi connectivity index (χ0v) is 11.6. The standard InChI is InChI=1S/C13H22N4O/c1-9(2)12-7-11(15-16(12)4)13(18)17-6-5-14-8-10(17)3/h7,9-10,14H,5-6,8H2,1-4H3. The maximum absolute atomic E-state index is 12.4. The SMILES string of the molecule is CC(C)c1cc(C(=O)N2CCNCC2C)nn1C. The summed E-state index contributed by atoms with van der Waals surface area (Å²) < 4.78 is 1.81. The van der Waals surface area contributed by atoms with Gasteiger partial charge in [-0.15, -0.1) is 0 Å². The minimum Gasteiger partial charge on any atom is -0.332 e. The van der Waals surface area contributed by atoms with Crippen molar-refractivity contribution in [3.8, 4) is 0 Å². The molecule has 1 atom stereocenters. The van der Waals surface area contributed by atoms with Crippen LogP contribution in [-0.2, 0) is 7.05 Å². The largest absolute Gasteiger partial charge is 0.332 e. The molecule has 1 saturated heterocycles. The lowest BCUT2D eigenvalue weighted by atomic mass is 10.1. The van der Waals surface area contributed by atoms with Crippen LogP contribution < -0.4 is 5.32 Å². The van der Waals surface area contributed by atoms with Crippen molar-refractivity contribution in [1.29, 1.82) is 0 Å². The van der Waals surface area contributed by atoms with Gasteiger partial charge in [0, 0.05) is 38.4 Å². The highest BCUT2D eigenvalue weighted by atomic mass is 16.2. The normalized spacial score (nSPS) is 20.5. The number of nitrogens with zero attached hydrogens (tertiary/aromatic N) is 3. The van der Waals surface area contributed by atoms with E-state index >= 15 is 0 Å². The lowest BCUT2D eigenvalue weighted by molar-refractivity contribution is 0.0649. The number of rotatable bonds is 2. The van der Waals surface area contributed by atoms with Gasteiger partial charge in [-0.1, -0.05) is 13.8 Å². The molecule has 1 aliphatic rings. The van der Waals surface area contributed by atoms with Gasteiger partial charge in [0.05, 0.1) is 0 Å². The highest BCUT2D eigenvalue weighted by Crippen LogP contribution is 2.17. The van der Waals surface area contributed by atoms with E-state index < -0.39 is 0 Å². The van der Waals surface area contributed by atoms with Gasteiger partial charge in [-0.05, 0) is 18.9 Å². The topological polar surface area (TPSA) is 50.2 Å². The van der Waals surface area contributed by atoms with E-state index in [9.17, 15) is 4.79 Å². The fourth-order valence-electron chi connectivity index (χ4n) is 2.42. The average Bonchev–Trinajstić information content (AvgIpc) is 2.71. The van der Waals surface area contributed by atoms with Gasteiger partial charge in [0.1, 0.15) is 0 Å². The zero-order valence-electron chi connectivity index (χ0n) is 11.6. The van der Waals surface area contributed by atoms with E-state index in [0.29, 0.717) is 11.6 Å². The molecular formula is C13H22N4O. The molecule has 100 valence electrons. The van der Waals surface area contributed by atoms with E-state index in [-0.39, 0.29) is 11.9 Å². The molecule has 0 bridgehead atoms. The second-order valence-electron chi connectivity index (χ2n) is 5.28. The maximum Gasteiger partial charge on any atom is 0.274 e. The number of nitrogens with one attached hydrogen (secondary N) is 1. The first-order valence-corrected chi connectivity index (χ1v) is 6.56. The van der Waals surface area contributed by atoms with E-state index in [4.69, 9.17) is 0 Å². The number of piperazine rings is 1. The molecule has 0 saturated carbocycles. The van der Waals surface area contributed by atoms with Crippen molar-refractivity contribution in [3.05, 3.63) is 17.5 Å². The number of amides is 1. The summed E-state index contributed by atoms with van der Waals surface area (Å²) in [6.45, 7) is 8.76. The molecule has 1 amide bonds. The third kappa shape index (κ3) is 2.41. The summed E-state index contributed by atoms with van der Waals surface area (Å²) >= 11 is 0. The number of carbonyl (C=O) groups is 1. The Hall–Kier alpha value is -1.36. The van der Waals surface area contributed by atoms with Crippen LogP contribution in [0.2, 0.25) is 0 Å². The van der Waals surface area contributed by atoms with Crippen molar-refractivity contribution in [3.63, 3.8) is 0 Å². The molecule has 2 rings (SSSR count). The Morgan fingerprint density at radius 1 is 1.56 bits per heavy atom. The fourth-order valence-corrected chi connectivity index (χ4v) is 2.42. The van der Waals surface area contributed by atoms with Crippen LogP contribution in [0.3, 0.4) is 0 Å². The van der Waals surface area contributed by atoms with Crippen LogP contribution in [-0.4, -0.2) is 46.3 Å². The summed E-state index contributed by atoms with van der Waals surface area (Å²) in [7, 11) is 1.90. The summed E-state index contributed by atoms with van der Waals surface area (Å²) in [6, 6.07) is 2.15. The molecule has 0 spiro atoms. The molecule has 5 heteroatoms. The van der Waals surface area contributed by atoms with E-state index in [1.165, 1.54) is 0 Å². The molecule has 1 aromatic rings. The highest BCUT2D eigenvalue weighted by molar-refractivity contribution is 5.92. The molecule has 0 aromatic carbocycles. The lowest BCUT2D eigenvalue weighted by Crippen LogP contribution is -2.52. The van der Waals surface area contributed by atoms with Crippen LogP contribution >= 0.6 is 0 Å². The number of aryl methyl sites for hydroxylation is 1. The van der Waals surface area contributed by atoms with Crippen LogP contribution in [0, 0.1) is 0 Å². The van der Waals surface area contributed by atoms with Gasteiger partial charge in [-0.3, -0.25) is 9.48 Å². The lowest BCUT2D eigenvalue weighted by Gasteiger charge is -2.33. The molecule has 1 aliphatic heterocycles. The van der Waals surface area contributed by atoms with Gasteiger partial charge < -0.3 is 10.2 Å². The Morgan fingerprint density at radius 3 is 2.83 bits per heavy atom. The molecule has 0 aliphatic carbocycles. The second-order valence-corrected chi connectivity index (χ2v) is 5.28. The number of hydrogen-bond acceptors (Lipinski definition) is 3. The summed E-state index contributed by atoms with van der Waals surface area (Å²) in [5.41, 5.74) is 1.66. The van der Waals surface area contributed by atoms with Crippen LogP contribution in [0.5, 0.6) is 0 Å². The third-order valence-corrected chi connectivity index (χ3v) is 3.49. The smallest absolute Gasteiger partial charge is 0.274 e. The zero-order chi connectivity index (χ0) is 13.3. The van der Waals surface area contributed by atoms with Gasteiger partial charge in [0.15, 0.2) is 5.69 Å². The second kappa shape index (κ2) is 5.10. The Kier molecular flexibility index (Phi) is 3.71. The molecule has 1 N–H and O–H groups in total. The molecular weight excluding hydrogens is 228 g/mol. The minimum atomic E-state index is 0.0477. The molecule has 1 fully saturated rings. The van der Waals surface area contributed by atoms with Crippen molar-refractivity contribution in [2.45, 2.75) is 32.7 Å². The Bertz CT molecular complexity index is 438. The number of aromatic nitrogens is 2. The molecule has 5 nitrogen and oxygen atoms in total. The van der Waals surface area contributed by atoms with Crippen molar-refractivity contribution in [2.75, 3.05) is 19.6 Å². The average molecular weight is 250 g/mol. The highest BCUT2D eigenvalue weighted by Gasteiger charge is 2.26. The van der Waals surface area contributed by atoms with Gasteiger partial charge in [-0.25, -0.2) is 0 Å². The summed E-state index contributed by atoms with van der Waals surface area (Å²) in [5.74, 6) is 0.427. The first-order valence-electron chi connectivity index (χ1n) is 6.56. The molecule has 2 heterocycles. The van der Waals surface area contributed by atoms with E-state index in [2.05, 4.69) is 31.2 Å². The Morgan fingerprint density at radius 2 is 2.28 bits per heavy atom. The number of hydrogen-bond donors (Lipinski definition) is 1. The Balaban J connectivity index is 2.20. The van der Waals surface area contributed by atoms with Gasteiger partial charge in [0.2, 0.25) is 0 Å². The third-order valence-electron chi connectivity index (χ3n) is 3.49. The van der Waals surface area contributed by atoms with Crippen LogP contribution in [0.15, 0.2) is 6.07 Å². The van der Waals surface area contributed by atoms with Crippen molar-refractivity contribution in [2.24, 2.45) is 7.05 Å². The van der Waals surface area contributed by atoms with Crippen LogP contribution in [0.1, 0.15) is 42.9 Å². The molecule has 18 heavy (non-hydrogen) atoms. The summed E-state index contributed by atoms with van der Waals surface area (Å²) in [6.07, 6.45) is 0. The quantitative estimate of drug-likeness (QED) is 0.851. The van der Waals surface area contributed by atoms with Crippen molar-refractivity contribution in [1.82, 2.24) is 20.0 Å². The van der Waals surface area contributed by atoms with Crippen LogP contribution in [0.4, 0.5) is 0 Å². The monoisotopic (exact) mass is 250 g/mol. The van der Waals surface area contributed by atoms with E-state index in [1.54, 1.807) is 0 Å². The van der Waals surface area contributed by atoms with Crippen molar-refractivity contribution < 1.29 is 4.79 Å². The van der Waals surface area contributed by atoms with Gasteiger partial charge in [-0.2, -0.15) is 5.10 Å². The summed E-state index contributed by atoms with van der Waals surface area (Å²) in [4.78, 5) is 14.3. The van der Waals surface area contributed by atoms with Gasteiger partial charge >= 0.3 is 0 Å². The summed E-state index contributed by atoms with van der Waals surface area (Å²) in [5, 5.41) is 7.63. The molecule has 1 unspecified atom stereocenters. The van der Waals surface area contributed by atoms with Gasteiger partial charge in [0.25, 0.3) is 5.91 Å². The predicted molar refractivity (Wildman–Crippen MR) is 70.7 cm³/mol. The van der Waals surface area contributed by atoms with E-state index in [1.807, 2.05) is 22.7 Å². The molecule has 0 radical (unpaired) electrons. The first kappa shape index (κ1) is 13.1. The Labute approximate surface area is 108 Å². The minimum absolute atomic E-state index is 0.0477. The van der Waals surface area contributed by atoms with E-state index in [0.717, 1.165) is 25.3 Å². The van der Waals surface area contributed by atoms with Crippen molar-refractivity contribution >= 4 is 5.91 Å². The maximum atomic E-state index is 12.4. The van der Waals surface area contributed by atoms with Crippen LogP contribution in [0.25, 0.3) is 0 Å². The number of carbonyl (C=O) groups excluding carboxylic acids is 1. The predicted octanol–water partition coefficient (Wildman–Crippen LogP) is 0.977. The first-order chi connectivity index (χ1) is 8.50. The molecule has 1 aromatic heterocycles. The fraction of sp³-hybridized carbons (Fsp3) is 0.692.